The van der Waals surface area contributed by atoms with Crippen molar-refractivity contribution in [2.24, 2.45) is 5.92 Å². The minimum Gasteiger partial charge on any atom is -0.493 e. The lowest BCUT2D eigenvalue weighted by molar-refractivity contribution is 0.0950. The molecule has 0 saturated heterocycles. The van der Waals surface area contributed by atoms with Crippen LogP contribution >= 0.6 is 12.4 Å². The first kappa shape index (κ1) is 19.8. The van der Waals surface area contributed by atoms with E-state index in [0.717, 1.165) is 17.7 Å². The number of rotatable bonds is 7. The molecule has 0 saturated carbocycles. The lowest BCUT2D eigenvalue weighted by Crippen LogP contribution is -2.23. The number of carbonyl (C=O) groups is 1. The second-order valence-electron chi connectivity index (χ2n) is 5.95. The Bertz CT molecular complexity index is 659. The zero-order chi connectivity index (χ0) is 16.7. The second-order valence-corrected chi connectivity index (χ2v) is 5.95. The lowest BCUT2D eigenvalue weighted by atomic mass is 10.1. The van der Waals surface area contributed by atoms with Gasteiger partial charge < -0.3 is 15.8 Å². The standard InChI is InChI=1S/C19H24N2O2.ClH/c1-14(2)10-11-23-18-9-4-3-6-16(18)13-21-19(22)15-7-5-8-17(20)12-15;/h3-9,12,14H,10-11,13,20H2,1-2H3,(H,21,22);1H. The van der Waals surface area contributed by atoms with Gasteiger partial charge in [-0.05, 0) is 36.6 Å². The molecule has 0 aromatic heterocycles. The number of nitrogens with one attached hydrogen (secondary N) is 1. The Labute approximate surface area is 149 Å². The molecule has 2 aromatic rings. The minimum atomic E-state index is -0.144. The fourth-order valence-corrected chi connectivity index (χ4v) is 2.15. The fraction of sp³-hybridized carbons (Fsp3) is 0.316. The van der Waals surface area contributed by atoms with Gasteiger partial charge in [0.2, 0.25) is 0 Å². The van der Waals surface area contributed by atoms with Gasteiger partial charge in [0.1, 0.15) is 5.75 Å². The summed E-state index contributed by atoms with van der Waals surface area (Å²) in [5.41, 5.74) is 7.81. The molecule has 0 aliphatic rings. The van der Waals surface area contributed by atoms with Gasteiger partial charge in [-0.25, -0.2) is 0 Å². The van der Waals surface area contributed by atoms with E-state index < -0.39 is 0 Å². The first-order valence-electron chi connectivity index (χ1n) is 7.90. The monoisotopic (exact) mass is 348 g/mol. The summed E-state index contributed by atoms with van der Waals surface area (Å²) in [7, 11) is 0. The molecular formula is C19H25ClN2O2. The molecule has 4 nitrogen and oxygen atoms in total. The fourth-order valence-electron chi connectivity index (χ4n) is 2.15. The van der Waals surface area contributed by atoms with Crippen molar-refractivity contribution in [2.45, 2.75) is 26.8 Å². The zero-order valence-corrected chi connectivity index (χ0v) is 14.9. The van der Waals surface area contributed by atoms with Crippen molar-refractivity contribution in [3.8, 4) is 5.75 Å². The quantitative estimate of drug-likeness (QED) is 0.742. The van der Waals surface area contributed by atoms with Crippen molar-refractivity contribution in [2.75, 3.05) is 12.3 Å². The summed E-state index contributed by atoms with van der Waals surface area (Å²) in [6, 6.07) is 14.7. The summed E-state index contributed by atoms with van der Waals surface area (Å²) < 4.78 is 5.83. The molecule has 5 heteroatoms. The van der Waals surface area contributed by atoms with Crippen LogP contribution in [0.15, 0.2) is 48.5 Å². The molecule has 0 aliphatic heterocycles. The number of benzene rings is 2. The van der Waals surface area contributed by atoms with Crippen LogP contribution in [-0.4, -0.2) is 12.5 Å². The molecule has 1 amide bonds. The third-order valence-electron chi connectivity index (χ3n) is 3.51. The Hall–Kier alpha value is -2.20. The van der Waals surface area contributed by atoms with Crippen LogP contribution in [0.25, 0.3) is 0 Å². The maximum atomic E-state index is 12.2. The highest BCUT2D eigenvalue weighted by molar-refractivity contribution is 5.94. The van der Waals surface area contributed by atoms with Crippen molar-refractivity contribution in [1.29, 1.82) is 0 Å². The van der Waals surface area contributed by atoms with Crippen LogP contribution in [0.2, 0.25) is 0 Å². The predicted molar refractivity (Wildman–Crippen MR) is 101 cm³/mol. The van der Waals surface area contributed by atoms with Gasteiger partial charge in [-0.15, -0.1) is 12.4 Å². The van der Waals surface area contributed by atoms with Gasteiger partial charge in [0.25, 0.3) is 5.91 Å². The van der Waals surface area contributed by atoms with Crippen LogP contribution in [0.3, 0.4) is 0 Å². The lowest BCUT2D eigenvalue weighted by Gasteiger charge is -2.13. The van der Waals surface area contributed by atoms with Crippen LogP contribution < -0.4 is 15.8 Å². The van der Waals surface area contributed by atoms with Crippen LogP contribution in [0.1, 0.15) is 36.2 Å². The summed E-state index contributed by atoms with van der Waals surface area (Å²) in [4.78, 5) is 12.2. The first-order valence-corrected chi connectivity index (χ1v) is 7.90. The van der Waals surface area contributed by atoms with Crippen molar-refractivity contribution in [3.05, 3.63) is 59.7 Å². The maximum Gasteiger partial charge on any atom is 0.251 e. The molecule has 0 fully saturated rings. The number of carbonyl (C=O) groups excluding carboxylic acids is 1. The molecule has 2 aromatic carbocycles. The van der Waals surface area contributed by atoms with E-state index in [2.05, 4.69) is 19.2 Å². The zero-order valence-electron chi connectivity index (χ0n) is 14.1. The van der Waals surface area contributed by atoms with Crippen molar-refractivity contribution < 1.29 is 9.53 Å². The number of hydrogen-bond acceptors (Lipinski definition) is 3. The van der Waals surface area contributed by atoms with E-state index in [-0.39, 0.29) is 18.3 Å². The summed E-state index contributed by atoms with van der Waals surface area (Å²) >= 11 is 0. The van der Waals surface area contributed by atoms with Crippen LogP contribution in [0.4, 0.5) is 5.69 Å². The van der Waals surface area contributed by atoms with Gasteiger partial charge in [-0.3, -0.25) is 4.79 Å². The molecule has 2 rings (SSSR count). The van der Waals surface area contributed by atoms with Gasteiger partial charge in [-0.2, -0.15) is 0 Å². The molecule has 0 atom stereocenters. The number of nitrogens with two attached hydrogens (primary N) is 1. The Morgan fingerprint density at radius 1 is 1.17 bits per heavy atom. The topological polar surface area (TPSA) is 64.3 Å². The maximum absolute atomic E-state index is 12.2. The molecule has 130 valence electrons. The van der Waals surface area contributed by atoms with E-state index in [1.807, 2.05) is 24.3 Å². The Morgan fingerprint density at radius 2 is 1.92 bits per heavy atom. The van der Waals surface area contributed by atoms with Crippen LogP contribution in [0, 0.1) is 5.92 Å². The second kappa shape index (κ2) is 9.83. The summed E-state index contributed by atoms with van der Waals surface area (Å²) in [6.45, 7) is 5.44. The van der Waals surface area contributed by atoms with E-state index in [1.165, 1.54) is 0 Å². The van der Waals surface area contributed by atoms with E-state index in [0.29, 0.717) is 30.3 Å². The van der Waals surface area contributed by atoms with Crippen LogP contribution in [-0.2, 0) is 6.54 Å². The van der Waals surface area contributed by atoms with Crippen molar-refractivity contribution in [1.82, 2.24) is 5.32 Å². The number of anilines is 1. The van der Waals surface area contributed by atoms with Crippen molar-refractivity contribution in [3.63, 3.8) is 0 Å². The van der Waals surface area contributed by atoms with Crippen molar-refractivity contribution >= 4 is 24.0 Å². The third kappa shape index (κ3) is 6.13. The average Bonchev–Trinajstić information content (AvgIpc) is 2.53. The van der Waals surface area contributed by atoms with E-state index >= 15 is 0 Å². The first-order chi connectivity index (χ1) is 11.1. The number of para-hydroxylation sites is 1. The van der Waals surface area contributed by atoms with Gasteiger partial charge in [0.15, 0.2) is 0 Å². The number of ether oxygens (including phenoxy) is 1. The molecule has 3 N–H and O–H groups in total. The molecule has 0 radical (unpaired) electrons. The van der Waals surface area contributed by atoms with Gasteiger partial charge in [0.05, 0.1) is 6.61 Å². The summed E-state index contributed by atoms with van der Waals surface area (Å²) in [6.07, 6.45) is 1.00. The molecule has 0 heterocycles. The number of halogens is 1. The summed E-state index contributed by atoms with van der Waals surface area (Å²) in [5.74, 6) is 1.28. The van der Waals surface area contributed by atoms with E-state index in [1.54, 1.807) is 24.3 Å². The molecule has 0 spiro atoms. The number of nitrogen functional groups attached to an aromatic ring is 1. The minimum absolute atomic E-state index is 0. The Balaban J connectivity index is 0.00000288. The molecule has 24 heavy (non-hydrogen) atoms. The normalized spacial score (nSPS) is 10.1. The molecular weight excluding hydrogens is 324 g/mol. The van der Waals surface area contributed by atoms with E-state index in [4.69, 9.17) is 10.5 Å². The van der Waals surface area contributed by atoms with Gasteiger partial charge in [-0.1, -0.05) is 38.1 Å². The highest BCUT2D eigenvalue weighted by Crippen LogP contribution is 2.19. The Kier molecular flexibility index (Phi) is 8.13. The van der Waals surface area contributed by atoms with Crippen LogP contribution in [0.5, 0.6) is 5.75 Å². The number of amides is 1. The molecule has 0 bridgehead atoms. The highest BCUT2D eigenvalue weighted by Gasteiger charge is 2.08. The largest absolute Gasteiger partial charge is 0.493 e. The van der Waals surface area contributed by atoms with Gasteiger partial charge >= 0.3 is 0 Å². The Morgan fingerprint density at radius 3 is 2.62 bits per heavy atom. The third-order valence-corrected chi connectivity index (χ3v) is 3.51. The molecule has 0 aliphatic carbocycles. The van der Waals surface area contributed by atoms with E-state index in [9.17, 15) is 4.79 Å². The molecule has 0 unspecified atom stereocenters. The average molecular weight is 349 g/mol. The SMILES string of the molecule is CC(C)CCOc1ccccc1CNC(=O)c1cccc(N)c1.Cl. The summed E-state index contributed by atoms with van der Waals surface area (Å²) in [5, 5.41) is 2.91. The predicted octanol–water partition coefficient (Wildman–Crippen LogP) is 4.05. The highest BCUT2D eigenvalue weighted by atomic mass is 35.5. The number of hydrogen-bond donors (Lipinski definition) is 2. The van der Waals surface area contributed by atoms with Gasteiger partial charge in [0, 0.05) is 23.4 Å². The smallest absolute Gasteiger partial charge is 0.251 e.